The number of carbonyl (C=O) groups excluding carboxylic acids is 2. The molecule has 10 nitrogen and oxygen atoms in total. The van der Waals surface area contributed by atoms with E-state index in [0.29, 0.717) is 30.0 Å². The number of hydrogen-bond donors (Lipinski definition) is 3. The van der Waals surface area contributed by atoms with Crippen molar-refractivity contribution in [2.75, 3.05) is 35.2 Å². The molecule has 0 radical (unpaired) electrons. The quantitative estimate of drug-likeness (QED) is 0.110. The Bertz CT molecular complexity index is 2020. The van der Waals surface area contributed by atoms with E-state index in [0.717, 1.165) is 34.4 Å². The van der Waals surface area contributed by atoms with Crippen LogP contribution in [-0.4, -0.2) is 45.0 Å². The van der Waals surface area contributed by atoms with Gasteiger partial charge in [-0.25, -0.2) is 9.78 Å². The lowest BCUT2D eigenvalue weighted by molar-refractivity contribution is 0.102. The number of aromatic nitrogens is 1. The minimum atomic E-state index is -3.92. The van der Waals surface area contributed by atoms with E-state index in [1.54, 1.807) is 47.4 Å². The highest BCUT2D eigenvalue weighted by molar-refractivity contribution is 7.86. The van der Waals surface area contributed by atoms with Gasteiger partial charge in [-0.15, -0.1) is 0 Å². The predicted molar refractivity (Wildman–Crippen MR) is 187 cm³/mol. The van der Waals surface area contributed by atoms with Gasteiger partial charge in [-0.3, -0.25) is 13.9 Å². The lowest BCUT2D eigenvalue weighted by Crippen LogP contribution is -2.38. The largest absolute Gasteiger partial charge is 0.380 e. The first-order valence-electron chi connectivity index (χ1n) is 15.6. The highest BCUT2D eigenvalue weighted by atomic mass is 32.2. The normalized spacial score (nSPS) is 12.3. The van der Waals surface area contributed by atoms with Gasteiger partial charge in [0.05, 0.1) is 22.9 Å². The molecule has 0 aliphatic carbocycles. The van der Waals surface area contributed by atoms with Crippen LogP contribution in [0.25, 0.3) is 11.3 Å². The number of anilines is 3. The second kappa shape index (κ2) is 14.5. The maximum atomic E-state index is 13.4. The van der Waals surface area contributed by atoms with Crippen LogP contribution in [-0.2, 0) is 27.3 Å². The van der Waals surface area contributed by atoms with Gasteiger partial charge in [0.15, 0.2) is 5.82 Å². The third-order valence-electron chi connectivity index (χ3n) is 7.95. The summed E-state index contributed by atoms with van der Waals surface area (Å²) in [6, 6.07) is 34.3. The molecule has 244 valence electrons. The standard InChI is InChI=1S/C37H35N5O5S/c1-26-11-17-31(18-12-26)48(45,46)47-24-22-38-33-20-19-32(28-7-3-2-4-8-28)40-35(33)41-36(43)30-15-13-27(14-16-30)25-39-37(44)42-23-21-29-9-5-6-10-34(29)42/h2-20,38H,21-25H2,1H3,(H,39,44)(H,40,41,43). The number of rotatable bonds is 11. The van der Waals surface area contributed by atoms with Crippen molar-refractivity contribution in [3.63, 3.8) is 0 Å². The van der Waals surface area contributed by atoms with Crippen molar-refractivity contribution in [2.45, 2.75) is 24.8 Å². The zero-order valence-electron chi connectivity index (χ0n) is 26.3. The number of para-hydroxylation sites is 1. The number of amides is 3. The van der Waals surface area contributed by atoms with Gasteiger partial charge in [-0.1, -0.05) is 78.4 Å². The summed E-state index contributed by atoms with van der Waals surface area (Å²) in [6.45, 7) is 2.84. The van der Waals surface area contributed by atoms with Crippen molar-refractivity contribution in [1.29, 1.82) is 0 Å². The fourth-order valence-electron chi connectivity index (χ4n) is 5.35. The van der Waals surface area contributed by atoms with Crippen molar-refractivity contribution < 1.29 is 22.2 Å². The number of benzene rings is 4. The molecule has 0 fully saturated rings. The Labute approximate surface area is 279 Å². The smallest absolute Gasteiger partial charge is 0.322 e. The molecule has 0 saturated carbocycles. The molecule has 4 aromatic carbocycles. The molecular weight excluding hydrogens is 627 g/mol. The Balaban J connectivity index is 1.10. The summed E-state index contributed by atoms with van der Waals surface area (Å²) in [7, 11) is -3.92. The van der Waals surface area contributed by atoms with Crippen LogP contribution < -0.4 is 20.9 Å². The number of nitrogens with zero attached hydrogens (tertiary/aromatic N) is 2. The molecular formula is C37H35N5O5S. The fraction of sp³-hybridized carbons (Fsp3) is 0.162. The van der Waals surface area contributed by atoms with E-state index in [1.807, 2.05) is 67.6 Å². The van der Waals surface area contributed by atoms with Crippen LogP contribution in [0.2, 0.25) is 0 Å². The topological polar surface area (TPSA) is 130 Å². The van der Waals surface area contributed by atoms with E-state index in [2.05, 4.69) is 16.0 Å². The lowest BCUT2D eigenvalue weighted by atomic mass is 10.1. The molecule has 6 rings (SSSR count). The van der Waals surface area contributed by atoms with E-state index < -0.39 is 10.1 Å². The summed E-state index contributed by atoms with van der Waals surface area (Å²) in [5, 5.41) is 9.00. The van der Waals surface area contributed by atoms with Gasteiger partial charge >= 0.3 is 6.03 Å². The number of fused-ring (bicyclic) bond motifs is 1. The SMILES string of the molecule is Cc1ccc(S(=O)(=O)OCCNc2ccc(-c3ccccc3)nc2NC(=O)c2ccc(CNC(=O)N3CCc4ccccc43)cc2)cc1. The molecule has 1 aliphatic rings. The number of hydrogen-bond acceptors (Lipinski definition) is 7. The van der Waals surface area contributed by atoms with Gasteiger partial charge in [-0.2, -0.15) is 8.42 Å². The zero-order chi connectivity index (χ0) is 33.5. The Morgan fingerprint density at radius 2 is 1.58 bits per heavy atom. The van der Waals surface area contributed by atoms with E-state index in [4.69, 9.17) is 9.17 Å². The third kappa shape index (κ3) is 7.71. The number of aryl methyl sites for hydroxylation is 1. The molecule has 3 N–H and O–H groups in total. The monoisotopic (exact) mass is 661 g/mol. The van der Waals surface area contributed by atoms with Crippen molar-refractivity contribution in [3.05, 3.63) is 138 Å². The molecule has 0 spiro atoms. The van der Waals surface area contributed by atoms with Crippen molar-refractivity contribution >= 4 is 39.2 Å². The summed E-state index contributed by atoms with van der Waals surface area (Å²) in [5.74, 6) is -0.0943. The second-order valence-electron chi connectivity index (χ2n) is 11.3. The number of pyridine rings is 1. The molecule has 11 heteroatoms. The van der Waals surface area contributed by atoms with Gasteiger partial charge in [0, 0.05) is 36.4 Å². The number of carbonyl (C=O) groups is 2. The minimum absolute atomic E-state index is 0.0840. The fourth-order valence-corrected chi connectivity index (χ4v) is 6.26. The highest BCUT2D eigenvalue weighted by Gasteiger charge is 2.24. The first-order valence-corrected chi connectivity index (χ1v) is 17.0. The Kier molecular flexibility index (Phi) is 9.79. The summed E-state index contributed by atoms with van der Waals surface area (Å²) in [6.07, 6.45) is 0.831. The van der Waals surface area contributed by atoms with Crippen LogP contribution in [0.4, 0.5) is 22.0 Å². The molecule has 48 heavy (non-hydrogen) atoms. The molecule has 1 aliphatic heterocycles. The second-order valence-corrected chi connectivity index (χ2v) is 12.9. The Morgan fingerprint density at radius 1 is 0.854 bits per heavy atom. The minimum Gasteiger partial charge on any atom is -0.380 e. The van der Waals surface area contributed by atoms with Gasteiger partial charge < -0.3 is 16.0 Å². The van der Waals surface area contributed by atoms with E-state index in [-0.39, 0.29) is 35.8 Å². The van der Waals surface area contributed by atoms with Crippen LogP contribution >= 0.6 is 0 Å². The number of urea groups is 1. The molecule has 5 aromatic rings. The Hall–Kier alpha value is -5.52. The van der Waals surface area contributed by atoms with Crippen LogP contribution in [0.3, 0.4) is 0 Å². The molecule has 1 aromatic heterocycles. The van der Waals surface area contributed by atoms with Crippen LogP contribution in [0, 0.1) is 6.92 Å². The summed E-state index contributed by atoms with van der Waals surface area (Å²) >= 11 is 0. The molecule has 0 unspecified atom stereocenters. The van der Waals surface area contributed by atoms with E-state index in [9.17, 15) is 18.0 Å². The Morgan fingerprint density at radius 3 is 2.35 bits per heavy atom. The van der Waals surface area contributed by atoms with Gasteiger partial charge in [-0.05, 0) is 66.9 Å². The zero-order valence-corrected chi connectivity index (χ0v) is 27.2. The van der Waals surface area contributed by atoms with Crippen LogP contribution in [0.15, 0.2) is 120 Å². The van der Waals surface area contributed by atoms with E-state index >= 15 is 0 Å². The summed E-state index contributed by atoms with van der Waals surface area (Å²) < 4.78 is 30.4. The summed E-state index contributed by atoms with van der Waals surface area (Å²) in [5.41, 5.74) is 6.31. The predicted octanol–water partition coefficient (Wildman–Crippen LogP) is 6.40. The molecule has 3 amide bonds. The van der Waals surface area contributed by atoms with Gasteiger partial charge in [0.25, 0.3) is 16.0 Å². The van der Waals surface area contributed by atoms with Crippen LogP contribution in [0.5, 0.6) is 0 Å². The first-order chi connectivity index (χ1) is 23.3. The van der Waals surface area contributed by atoms with Crippen molar-refractivity contribution in [1.82, 2.24) is 10.3 Å². The van der Waals surface area contributed by atoms with Crippen LogP contribution in [0.1, 0.15) is 27.0 Å². The molecule has 0 saturated heterocycles. The maximum Gasteiger partial charge on any atom is 0.322 e. The van der Waals surface area contributed by atoms with Crippen molar-refractivity contribution in [2.24, 2.45) is 0 Å². The van der Waals surface area contributed by atoms with E-state index in [1.165, 1.54) is 12.1 Å². The maximum absolute atomic E-state index is 13.4. The molecule has 0 atom stereocenters. The molecule has 0 bridgehead atoms. The lowest BCUT2D eigenvalue weighted by Gasteiger charge is -2.18. The third-order valence-corrected chi connectivity index (χ3v) is 9.28. The summed E-state index contributed by atoms with van der Waals surface area (Å²) in [4.78, 5) is 32.7. The first kappa shape index (κ1) is 32.4. The average Bonchev–Trinajstić information content (AvgIpc) is 3.55. The molecule has 2 heterocycles. The number of nitrogens with one attached hydrogen (secondary N) is 3. The van der Waals surface area contributed by atoms with Gasteiger partial charge in [0.1, 0.15) is 0 Å². The average molecular weight is 662 g/mol. The van der Waals surface area contributed by atoms with Crippen molar-refractivity contribution in [3.8, 4) is 11.3 Å². The highest BCUT2D eigenvalue weighted by Crippen LogP contribution is 2.28. The van der Waals surface area contributed by atoms with Gasteiger partial charge in [0.2, 0.25) is 0 Å².